The number of aliphatic hydroxyl groups is 2. The highest BCUT2D eigenvalue weighted by Crippen LogP contribution is 2.19. The van der Waals surface area contributed by atoms with Gasteiger partial charge in [-0.3, -0.25) is 0 Å². The molecule has 5 nitrogen and oxygen atoms in total. The molecule has 86 valence electrons. The van der Waals surface area contributed by atoms with Gasteiger partial charge in [0.1, 0.15) is 5.78 Å². The van der Waals surface area contributed by atoms with Crippen LogP contribution in [0.1, 0.15) is 27.2 Å². The summed E-state index contributed by atoms with van der Waals surface area (Å²) in [5.41, 5.74) is 0. The third kappa shape index (κ3) is 8.04. The number of carbonyl (C=O) groups excluding carboxylic acids is 1. The normalized spacial score (nSPS) is 10.2. The van der Waals surface area contributed by atoms with E-state index in [0.717, 1.165) is 0 Å². The van der Waals surface area contributed by atoms with Gasteiger partial charge in [-0.25, -0.2) is 4.98 Å². The third-order valence-corrected chi connectivity index (χ3v) is 1.77. The van der Waals surface area contributed by atoms with E-state index in [0.29, 0.717) is 0 Å². The van der Waals surface area contributed by atoms with Gasteiger partial charge in [0, 0.05) is 18.0 Å². The van der Waals surface area contributed by atoms with E-state index in [4.69, 9.17) is 14.9 Å². The molecule has 15 heavy (non-hydrogen) atoms. The Balaban J connectivity index is 0.000000423. The molecule has 0 amide bonds. The van der Waals surface area contributed by atoms with E-state index in [2.05, 4.69) is 4.98 Å². The molecule has 0 aliphatic heterocycles. The van der Waals surface area contributed by atoms with E-state index in [1.54, 1.807) is 12.3 Å². The van der Waals surface area contributed by atoms with Crippen LogP contribution in [-0.2, 0) is 4.79 Å². The van der Waals surface area contributed by atoms with E-state index in [-0.39, 0.29) is 17.4 Å². The van der Waals surface area contributed by atoms with Gasteiger partial charge < -0.3 is 19.7 Å². The lowest BCUT2D eigenvalue weighted by atomic mass is 10.4. The van der Waals surface area contributed by atoms with E-state index < -0.39 is 5.97 Å². The van der Waals surface area contributed by atoms with Crippen molar-refractivity contribution in [1.82, 2.24) is 4.98 Å². The first-order valence-corrected chi connectivity index (χ1v) is 5.25. The van der Waals surface area contributed by atoms with Crippen molar-refractivity contribution in [3.05, 3.63) is 11.6 Å². The summed E-state index contributed by atoms with van der Waals surface area (Å²) >= 11 is 1.21. The molecule has 1 heterocycles. The molecule has 2 N–H and O–H groups in total. The van der Waals surface area contributed by atoms with E-state index in [1.165, 1.54) is 31.4 Å². The largest absolute Gasteiger partial charge is 0.413 e. The number of aromatic nitrogens is 1. The molecule has 0 spiro atoms. The van der Waals surface area contributed by atoms with Crippen molar-refractivity contribution in [2.75, 3.05) is 0 Å². The van der Waals surface area contributed by atoms with E-state index in [9.17, 15) is 4.79 Å². The highest BCUT2D eigenvalue weighted by molar-refractivity contribution is 7.11. The van der Waals surface area contributed by atoms with Crippen LogP contribution in [0.2, 0.25) is 0 Å². The van der Waals surface area contributed by atoms with Crippen molar-refractivity contribution >= 4 is 17.1 Å². The molecule has 1 aromatic heterocycles. The second-order valence-corrected chi connectivity index (χ2v) is 3.76. The Hall–Kier alpha value is -0.980. The van der Waals surface area contributed by atoms with Crippen molar-refractivity contribution in [2.45, 2.75) is 33.2 Å². The smallest absolute Gasteiger partial charge is 0.323 e. The molecular formula is C9H15NO4S. The van der Waals surface area contributed by atoms with Gasteiger partial charge in [-0.05, 0) is 13.8 Å². The summed E-state index contributed by atoms with van der Waals surface area (Å²) in [4.78, 5) is 13.2. The van der Waals surface area contributed by atoms with Crippen molar-refractivity contribution in [1.29, 1.82) is 0 Å². The topological polar surface area (TPSA) is 79.7 Å². The Morgan fingerprint density at radius 1 is 1.60 bits per heavy atom. The molecule has 0 bridgehead atoms. The van der Waals surface area contributed by atoms with Crippen LogP contribution in [0.3, 0.4) is 0 Å². The molecule has 0 aliphatic rings. The average molecular weight is 233 g/mol. The maximum Gasteiger partial charge on any atom is 0.323 e. The Bertz CT molecular complexity index is 280. The molecule has 6 heteroatoms. The fraction of sp³-hybridized carbons (Fsp3) is 0.556. The van der Waals surface area contributed by atoms with E-state index in [1.807, 2.05) is 0 Å². The van der Waals surface area contributed by atoms with Gasteiger partial charge in [0.05, 0.1) is 0 Å². The highest BCUT2D eigenvalue weighted by Gasteiger charge is 2.23. The number of Topliss-reactive ketones (excluding diaryl/α,β-unsaturated/α-hetero) is 1. The molecule has 1 aromatic rings. The fourth-order valence-electron chi connectivity index (χ4n) is 0.473. The summed E-state index contributed by atoms with van der Waals surface area (Å²) in [5, 5.41) is 19.9. The minimum absolute atomic E-state index is 0.104. The van der Waals surface area contributed by atoms with Gasteiger partial charge in [0.25, 0.3) is 5.19 Å². The van der Waals surface area contributed by atoms with Crippen molar-refractivity contribution in [3.8, 4) is 5.19 Å². The summed E-state index contributed by atoms with van der Waals surface area (Å²) in [6.07, 6.45) is 1.64. The number of rotatable bonds is 3. The predicted octanol–water partition coefficient (Wildman–Crippen LogP) is 1.17. The molecular weight excluding hydrogens is 218 g/mol. The van der Waals surface area contributed by atoms with Gasteiger partial charge in [0.2, 0.25) is 0 Å². The van der Waals surface area contributed by atoms with Gasteiger partial charge in [0.15, 0.2) is 0 Å². The van der Waals surface area contributed by atoms with Crippen LogP contribution in [0.4, 0.5) is 0 Å². The molecule has 0 radical (unpaired) electrons. The zero-order valence-corrected chi connectivity index (χ0v) is 9.74. The molecule has 0 unspecified atom stereocenters. The van der Waals surface area contributed by atoms with Crippen LogP contribution >= 0.6 is 11.3 Å². The van der Waals surface area contributed by atoms with Crippen molar-refractivity contribution in [2.24, 2.45) is 0 Å². The zero-order valence-electron chi connectivity index (χ0n) is 8.93. The third-order valence-electron chi connectivity index (χ3n) is 1.12. The summed E-state index contributed by atoms with van der Waals surface area (Å²) in [6, 6.07) is 0. The predicted molar refractivity (Wildman–Crippen MR) is 56.6 cm³/mol. The number of hydrogen-bond donors (Lipinski definition) is 2. The number of ketones is 1. The molecule has 1 rings (SSSR count). The molecule has 0 saturated heterocycles. The van der Waals surface area contributed by atoms with Crippen LogP contribution in [0.15, 0.2) is 11.6 Å². The maximum atomic E-state index is 9.44. The van der Waals surface area contributed by atoms with Crippen molar-refractivity contribution in [3.63, 3.8) is 0 Å². The molecule has 0 aliphatic carbocycles. The number of carbonyl (C=O) groups is 1. The van der Waals surface area contributed by atoms with Gasteiger partial charge in [-0.15, -0.1) is 0 Å². The van der Waals surface area contributed by atoms with Crippen LogP contribution in [-0.4, -0.2) is 27.0 Å². The van der Waals surface area contributed by atoms with Crippen molar-refractivity contribution < 1.29 is 19.7 Å². The Morgan fingerprint density at radius 3 is 2.47 bits per heavy atom. The molecule has 0 atom stereocenters. The first-order valence-electron chi connectivity index (χ1n) is 4.38. The maximum absolute atomic E-state index is 9.44. The average Bonchev–Trinajstić information content (AvgIpc) is 2.55. The molecule has 0 fully saturated rings. The lowest BCUT2D eigenvalue weighted by molar-refractivity contribution is -0.292. The van der Waals surface area contributed by atoms with Crippen LogP contribution in [0.5, 0.6) is 5.19 Å². The minimum Gasteiger partial charge on any atom is -0.413 e. The van der Waals surface area contributed by atoms with E-state index >= 15 is 0 Å². The number of ether oxygens (including phenoxy) is 1. The monoisotopic (exact) mass is 233 g/mol. The Kier molecular flexibility index (Phi) is 6.07. The van der Waals surface area contributed by atoms with Gasteiger partial charge >= 0.3 is 5.97 Å². The van der Waals surface area contributed by atoms with Gasteiger partial charge in [-0.2, -0.15) is 0 Å². The Labute approximate surface area is 92.4 Å². The summed E-state index contributed by atoms with van der Waals surface area (Å²) < 4.78 is 4.71. The SMILES string of the molecule is CC(C)=O.CCC(O)(O)Oc1nccs1. The number of thiazole rings is 1. The number of hydrogen-bond acceptors (Lipinski definition) is 6. The first kappa shape index (κ1) is 14.0. The van der Waals surface area contributed by atoms with Crippen LogP contribution in [0, 0.1) is 0 Å². The molecule has 0 aromatic carbocycles. The quantitative estimate of drug-likeness (QED) is 0.766. The lowest BCUT2D eigenvalue weighted by Crippen LogP contribution is -2.34. The summed E-state index contributed by atoms with van der Waals surface area (Å²) in [6.45, 7) is 4.66. The highest BCUT2D eigenvalue weighted by atomic mass is 32.1. The van der Waals surface area contributed by atoms with Crippen LogP contribution in [0.25, 0.3) is 0 Å². The standard InChI is InChI=1S/C6H9NO3S.C3H6O/c1-2-6(8,9)10-5-7-3-4-11-5;1-3(2)4/h3-4,8-9H,2H2,1H3;1-2H3. The summed E-state index contributed by atoms with van der Waals surface area (Å²) in [7, 11) is 0. The van der Waals surface area contributed by atoms with Crippen LogP contribution < -0.4 is 4.74 Å². The number of nitrogens with zero attached hydrogens (tertiary/aromatic N) is 1. The lowest BCUT2D eigenvalue weighted by Gasteiger charge is -2.18. The van der Waals surface area contributed by atoms with Gasteiger partial charge in [-0.1, -0.05) is 18.3 Å². The second kappa shape index (κ2) is 6.49. The molecule has 0 saturated carbocycles. The Morgan fingerprint density at radius 2 is 2.13 bits per heavy atom. The zero-order chi connectivity index (χ0) is 11.9. The second-order valence-electron chi connectivity index (χ2n) is 2.91. The first-order chi connectivity index (χ1) is 6.87. The fourth-order valence-corrected chi connectivity index (χ4v) is 1.01. The summed E-state index contributed by atoms with van der Waals surface area (Å²) in [5.74, 6) is -1.92. The minimum atomic E-state index is -2.09.